The highest BCUT2D eigenvalue weighted by molar-refractivity contribution is 6.08. The van der Waals surface area contributed by atoms with Gasteiger partial charge in [0.25, 0.3) is 5.91 Å². The first-order chi connectivity index (χ1) is 16.7. The molecule has 0 aliphatic heterocycles. The molecule has 0 aliphatic rings. The Kier molecular flexibility index (Phi) is 13.9. The number of anilines is 2. The van der Waals surface area contributed by atoms with Crippen molar-refractivity contribution in [2.45, 2.75) is 104 Å². The van der Waals surface area contributed by atoms with E-state index in [4.69, 9.17) is 10.5 Å². The van der Waals surface area contributed by atoms with Crippen LogP contribution in [0.4, 0.5) is 11.4 Å². The van der Waals surface area contributed by atoms with Gasteiger partial charge in [-0.25, -0.2) is 0 Å². The SMILES string of the molecule is CCCCCCCCCCCCCCCc1cccc(OCC)c1C(=O)Nc1ccccc1N. The Morgan fingerprint density at radius 2 is 1.35 bits per heavy atom. The van der Waals surface area contributed by atoms with Gasteiger partial charge in [-0.15, -0.1) is 0 Å². The van der Waals surface area contributed by atoms with Gasteiger partial charge in [0.2, 0.25) is 0 Å². The van der Waals surface area contributed by atoms with Crippen LogP contribution in [0.5, 0.6) is 5.75 Å². The van der Waals surface area contributed by atoms with Crippen LogP contribution < -0.4 is 15.8 Å². The number of nitrogens with one attached hydrogen (secondary N) is 1. The van der Waals surface area contributed by atoms with Gasteiger partial charge in [0.05, 0.1) is 23.5 Å². The van der Waals surface area contributed by atoms with E-state index in [0.717, 1.165) is 18.4 Å². The normalized spacial score (nSPS) is 10.9. The molecule has 0 unspecified atom stereocenters. The Morgan fingerprint density at radius 3 is 1.94 bits per heavy atom. The Morgan fingerprint density at radius 1 is 0.765 bits per heavy atom. The number of aryl methyl sites for hydroxylation is 1. The molecule has 0 heterocycles. The third kappa shape index (κ3) is 10.2. The van der Waals surface area contributed by atoms with Crippen LogP contribution in [0.25, 0.3) is 0 Å². The summed E-state index contributed by atoms with van der Waals surface area (Å²) < 4.78 is 5.79. The van der Waals surface area contributed by atoms with Crippen molar-refractivity contribution in [2.75, 3.05) is 17.7 Å². The number of rotatable bonds is 18. The van der Waals surface area contributed by atoms with Crippen molar-refractivity contribution >= 4 is 17.3 Å². The van der Waals surface area contributed by atoms with Crippen LogP contribution in [-0.4, -0.2) is 12.5 Å². The predicted octanol–water partition coefficient (Wildman–Crippen LogP) is 8.55. The second kappa shape index (κ2) is 17.0. The molecule has 4 nitrogen and oxygen atoms in total. The third-order valence-corrected chi connectivity index (χ3v) is 6.40. The molecule has 0 radical (unpaired) electrons. The summed E-state index contributed by atoms with van der Waals surface area (Å²) in [6.45, 7) is 4.74. The minimum atomic E-state index is -0.161. The number of carbonyl (C=O) groups is 1. The average Bonchev–Trinajstić information content (AvgIpc) is 2.83. The van der Waals surface area contributed by atoms with E-state index < -0.39 is 0 Å². The number of amides is 1. The van der Waals surface area contributed by atoms with Gasteiger partial charge in [-0.2, -0.15) is 0 Å². The van der Waals surface area contributed by atoms with Crippen molar-refractivity contribution in [3.8, 4) is 5.75 Å². The van der Waals surface area contributed by atoms with Crippen molar-refractivity contribution in [3.63, 3.8) is 0 Å². The molecule has 0 saturated carbocycles. The summed E-state index contributed by atoms with van der Waals surface area (Å²) in [6.07, 6.45) is 18.2. The van der Waals surface area contributed by atoms with E-state index >= 15 is 0 Å². The monoisotopic (exact) mass is 466 g/mol. The zero-order valence-corrected chi connectivity index (χ0v) is 21.5. The van der Waals surface area contributed by atoms with Crippen molar-refractivity contribution in [3.05, 3.63) is 53.6 Å². The Hall–Kier alpha value is -2.49. The van der Waals surface area contributed by atoms with E-state index in [1.165, 1.54) is 77.0 Å². The summed E-state index contributed by atoms with van der Waals surface area (Å²) in [7, 11) is 0. The number of hydrogen-bond acceptors (Lipinski definition) is 3. The molecule has 34 heavy (non-hydrogen) atoms. The van der Waals surface area contributed by atoms with Crippen molar-refractivity contribution < 1.29 is 9.53 Å². The number of nitrogen functional groups attached to an aromatic ring is 1. The third-order valence-electron chi connectivity index (χ3n) is 6.40. The number of hydrogen-bond donors (Lipinski definition) is 2. The van der Waals surface area contributed by atoms with Gasteiger partial charge >= 0.3 is 0 Å². The number of unbranched alkanes of at least 4 members (excludes halogenated alkanes) is 12. The molecular formula is C30H46N2O2. The lowest BCUT2D eigenvalue weighted by molar-refractivity contribution is 0.102. The summed E-state index contributed by atoms with van der Waals surface area (Å²) in [6, 6.07) is 13.2. The fourth-order valence-electron chi connectivity index (χ4n) is 4.45. The van der Waals surface area contributed by atoms with Gasteiger partial charge in [-0.05, 0) is 43.5 Å². The van der Waals surface area contributed by atoms with Gasteiger partial charge < -0.3 is 15.8 Å². The van der Waals surface area contributed by atoms with Crippen molar-refractivity contribution in [2.24, 2.45) is 0 Å². The highest BCUT2D eigenvalue weighted by Crippen LogP contribution is 2.27. The van der Waals surface area contributed by atoms with Gasteiger partial charge in [0, 0.05) is 0 Å². The number of nitrogens with two attached hydrogens (primary N) is 1. The molecule has 0 atom stereocenters. The van der Waals surface area contributed by atoms with Crippen molar-refractivity contribution in [1.29, 1.82) is 0 Å². The fourth-order valence-corrected chi connectivity index (χ4v) is 4.45. The molecule has 188 valence electrons. The smallest absolute Gasteiger partial charge is 0.259 e. The first kappa shape index (κ1) is 27.8. The summed E-state index contributed by atoms with van der Waals surface area (Å²) in [5, 5.41) is 2.97. The molecule has 0 saturated heterocycles. The molecule has 0 bridgehead atoms. The molecule has 0 spiro atoms. The topological polar surface area (TPSA) is 64.3 Å². The van der Waals surface area contributed by atoms with E-state index in [1.54, 1.807) is 6.07 Å². The number of ether oxygens (including phenoxy) is 1. The summed E-state index contributed by atoms with van der Waals surface area (Å²) in [5.41, 5.74) is 8.89. The highest BCUT2D eigenvalue weighted by Gasteiger charge is 2.18. The van der Waals surface area contributed by atoms with Crippen molar-refractivity contribution in [1.82, 2.24) is 0 Å². The molecule has 0 fully saturated rings. The minimum Gasteiger partial charge on any atom is -0.493 e. The zero-order chi connectivity index (χ0) is 24.4. The van der Waals surface area contributed by atoms with E-state index in [0.29, 0.717) is 29.3 Å². The maximum Gasteiger partial charge on any atom is 0.259 e. The zero-order valence-electron chi connectivity index (χ0n) is 21.5. The van der Waals surface area contributed by atoms with E-state index in [2.05, 4.69) is 12.2 Å². The molecule has 0 aliphatic carbocycles. The average molecular weight is 467 g/mol. The first-order valence-corrected chi connectivity index (χ1v) is 13.6. The Labute approximate surface area is 207 Å². The molecule has 4 heteroatoms. The van der Waals surface area contributed by atoms with Crippen LogP contribution in [0.15, 0.2) is 42.5 Å². The lowest BCUT2D eigenvalue weighted by Gasteiger charge is -2.16. The summed E-state index contributed by atoms with van der Waals surface area (Å²) in [5.74, 6) is 0.480. The lowest BCUT2D eigenvalue weighted by Crippen LogP contribution is -2.17. The molecule has 2 rings (SSSR count). The minimum absolute atomic E-state index is 0.161. The summed E-state index contributed by atoms with van der Waals surface area (Å²) in [4.78, 5) is 13.2. The van der Waals surface area contributed by atoms with E-state index in [1.807, 2.05) is 43.3 Å². The number of carbonyl (C=O) groups excluding carboxylic acids is 1. The standard InChI is InChI=1S/C30H46N2O2/c1-3-5-6-7-8-9-10-11-12-13-14-15-16-20-25-21-19-24-28(34-4-2)29(25)30(33)32-27-23-18-17-22-26(27)31/h17-19,21-24H,3-16,20,31H2,1-2H3,(H,32,33). The van der Waals surface area contributed by atoms with Crippen LogP contribution in [0, 0.1) is 0 Å². The van der Waals surface area contributed by atoms with Gasteiger partial charge in [0.15, 0.2) is 0 Å². The van der Waals surface area contributed by atoms with Gasteiger partial charge in [-0.1, -0.05) is 108 Å². The Bertz CT molecular complexity index is 834. The van der Waals surface area contributed by atoms with Crippen LogP contribution in [0.1, 0.15) is 113 Å². The molecule has 0 aromatic heterocycles. The van der Waals surface area contributed by atoms with Crippen LogP contribution in [0.2, 0.25) is 0 Å². The number of para-hydroxylation sites is 2. The molecule has 2 aromatic rings. The highest BCUT2D eigenvalue weighted by atomic mass is 16.5. The number of benzene rings is 2. The lowest BCUT2D eigenvalue weighted by atomic mass is 9.98. The van der Waals surface area contributed by atoms with Gasteiger partial charge in [0.1, 0.15) is 5.75 Å². The second-order valence-electron chi connectivity index (χ2n) is 9.26. The van der Waals surface area contributed by atoms with E-state index in [9.17, 15) is 4.79 Å². The largest absolute Gasteiger partial charge is 0.493 e. The van der Waals surface area contributed by atoms with E-state index in [-0.39, 0.29) is 5.91 Å². The first-order valence-electron chi connectivity index (χ1n) is 13.6. The van der Waals surface area contributed by atoms with Crippen LogP contribution >= 0.6 is 0 Å². The van der Waals surface area contributed by atoms with Crippen LogP contribution in [-0.2, 0) is 6.42 Å². The quantitative estimate of drug-likeness (QED) is 0.171. The maximum absolute atomic E-state index is 13.2. The fraction of sp³-hybridized carbons (Fsp3) is 0.567. The predicted molar refractivity (Wildman–Crippen MR) is 146 cm³/mol. The van der Waals surface area contributed by atoms with Crippen LogP contribution in [0.3, 0.4) is 0 Å². The molecule has 3 N–H and O–H groups in total. The molecule has 1 amide bonds. The summed E-state index contributed by atoms with van der Waals surface area (Å²) >= 11 is 0. The maximum atomic E-state index is 13.2. The molecule has 2 aromatic carbocycles. The molecular weight excluding hydrogens is 420 g/mol. The Balaban J connectivity index is 1.76. The second-order valence-corrected chi connectivity index (χ2v) is 9.26. The van der Waals surface area contributed by atoms with Gasteiger partial charge in [-0.3, -0.25) is 4.79 Å².